The summed E-state index contributed by atoms with van der Waals surface area (Å²) in [5.41, 5.74) is 0.110. The van der Waals surface area contributed by atoms with Crippen LogP contribution in [0.5, 0.6) is 0 Å². The third kappa shape index (κ3) is 5.03. The maximum absolute atomic E-state index is 12.8. The van der Waals surface area contributed by atoms with Crippen LogP contribution in [-0.4, -0.2) is 43.7 Å². The first-order valence-electron chi connectivity index (χ1n) is 8.41. The highest BCUT2D eigenvalue weighted by Crippen LogP contribution is 2.37. The van der Waals surface area contributed by atoms with Gasteiger partial charge in [0.15, 0.2) is 0 Å². The van der Waals surface area contributed by atoms with E-state index in [1.807, 2.05) is 31.2 Å². The Kier molecular flexibility index (Phi) is 6.12. The molecular weight excluding hydrogens is 358 g/mol. The first-order valence-corrected chi connectivity index (χ1v) is 9.45. The fourth-order valence-corrected chi connectivity index (χ4v) is 3.33. The Labute approximate surface area is 157 Å². The first-order chi connectivity index (χ1) is 11.9. The lowest BCUT2D eigenvalue weighted by atomic mass is 10.0. The van der Waals surface area contributed by atoms with E-state index in [4.69, 9.17) is 13.7 Å². The second-order valence-corrected chi connectivity index (χ2v) is 8.45. The van der Waals surface area contributed by atoms with Gasteiger partial charge >= 0.3 is 17.5 Å². The summed E-state index contributed by atoms with van der Waals surface area (Å²) in [7, 11) is 0. The Morgan fingerprint density at radius 1 is 1.35 bits per heavy atom. The predicted octanol–water partition coefficient (Wildman–Crippen LogP) is 3.56. The number of rotatable bonds is 4. The van der Waals surface area contributed by atoms with Gasteiger partial charge in [0.1, 0.15) is 17.4 Å². The summed E-state index contributed by atoms with van der Waals surface area (Å²) >= 11 is -2.50. The first kappa shape index (κ1) is 20.8. The molecule has 0 aromatic heterocycles. The van der Waals surface area contributed by atoms with Crippen molar-refractivity contribution in [1.29, 1.82) is 0 Å². The molecule has 1 aromatic rings. The number of aryl methyl sites for hydroxylation is 1. The van der Waals surface area contributed by atoms with Crippen molar-refractivity contribution in [2.24, 2.45) is 0 Å². The smallest absolute Gasteiger partial charge is 0.413 e. The minimum Gasteiger partial charge on any atom is -0.444 e. The lowest BCUT2D eigenvalue weighted by Crippen LogP contribution is -2.51. The van der Waals surface area contributed by atoms with Gasteiger partial charge in [-0.25, -0.2) is 4.79 Å². The van der Waals surface area contributed by atoms with Gasteiger partial charge in [-0.1, -0.05) is 29.8 Å². The number of nitrogens with zero attached hydrogens (tertiary/aromatic N) is 1. The quantitative estimate of drug-likeness (QED) is 0.798. The normalized spacial score (nSPS) is 22.1. The highest BCUT2D eigenvalue weighted by Gasteiger charge is 2.50. The molecule has 1 fully saturated rings. The lowest BCUT2D eigenvalue weighted by molar-refractivity contribution is -0.0667. The molecular formula is C18H27NO6S. The summed E-state index contributed by atoms with van der Waals surface area (Å²) in [4.78, 5) is 14.2. The number of carbonyl (C=O) groups is 1. The molecule has 1 amide bonds. The molecule has 1 aliphatic rings. The summed E-state index contributed by atoms with van der Waals surface area (Å²) < 4.78 is 37.2. The van der Waals surface area contributed by atoms with Crippen molar-refractivity contribution in [3.8, 4) is 0 Å². The van der Waals surface area contributed by atoms with Gasteiger partial charge in [0.05, 0.1) is 12.6 Å². The molecule has 3 atom stereocenters. The molecule has 26 heavy (non-hydrogen) atoms. The zero-order chi connectivity index (χ0) is 19.7. The van der Waals surface area contributed by atoms with Gasteiger partial charge in [0.2, 0.25) is 0 Å². The molecule has 0 spiro atoms. The van der Waals surface area contributed by atoms with Gasteiger partial charge in [-0.3, -0.25) is 13.6 Å². The second-order valence-electron chi connectivity index (χ2n) is 7.82. The van der Waals surface area contributed by atoms with Crippen LogP contribution in [0.3, 0.4) is 0 Å². The van der Waals surface area contributed by atoms with Crippen molar-refractivity contribution in [1.82, 2.24) is 4.90 Å². The number of ether oxygens (including phenoxy) is 2. The van der Waals surface area contributed by atoms with Crippen molar-refractivity contribution < 1.29 is 27.2 Å². The zero-order valence-electron chi connectivity index (χ0n) is 16.0. The van der Waals surface area contributed by atoms with E-state index < -0.39 is 40.9 Å². The van der Waals surface area contributed by atoms with Gasteiger partial charge in [-0.2, -0.15) is 4.21 Å². The second kappa shape index (κ2) is 7.64. The van der Waals surface area contributed by atoms with Crippen LogP contribution >= 0.6 is 0 Å². The Morgan fingerprint density at radius 2 is 1.92 bits per heavy atom. The van der Waals surface area contributed by atoms with Crippen LogP contribution in [0.25, 0.3) is 0 Å². The highest BCUT2D eigenvalue weighted by molar-refractivity contribution is 7.74. The molecule has 1 N–H and O–H groups in total. The van der Waals surface area contributed by atoms with Crippen LogP contribution in [-0.2, 0) is 25.0 Å². The Morgan fingerprint density at radius 3 is 2.42 bits per heavy atom. The van der Waals surface area contributed by atoms with Gasteiger partial charge in [-0.05, 0) is 47.1 Å². The topological polar surface area (TPSA) is 85.3 Å². The van der Waals surface area contributed by atoms with E-state index in [0.29, 0.717) is 5.56 Å². The average molecular weight is 385 g/mol. The monoisotopic (exact) mass is 385 g/mol. The maximum atomic E-state index is 12.8. The van der Waals surface area contributed by atoms with E-state index in [2.05, 4.69) is 0 Å². The van der Waals surface area contributed by atoms with E-state index in [1.165, 1.54) is 4.90 Å². The minimum absolute atomic E-state index is 0.155. The number of benzene rings is 1. The van der Waals surface area contributed by atoms with E-state index in [-0.39, 0.29) is 6.61 Å². The molecule has 0 saturated carbocycles. The Balaban J connectivity index is 2.39. The highest BCUT2D eigenvalue weighted by atomic mass is 32.2. The fraction of sp³-hybridized carbons (Fsp3) is 0.611. The summed E-state index contributed by atoms with van der Waals surface area (Å²) in [6.07, 6.45) is -1.40. The molecule has 1 heterocycles. The van der Waals surface area contributed by atoms with Crippen LogP contribution < -0.4 is 0 Å². The molecule has 0 bridgehead atoms. The molecule has 3 unspecified atom stereocenters. The summed E-state index contributed by atoms with van der Waals surface area (Å²) in [5.74, 6) is 0. The predicted molar refractivity (Wildman–Crippen MR) is 97.7 cm³/mol. The fourth-order valence-electron chi connectivity index (χ4n) is 2.91. The van der Waals surface area contributed by atoms with Crippen LogP contribution in [0.1, 0.15) is 51.8 Å². The number of hydrogen-bond donors (Lipinski definition) is 1. The van der Waals surface area contributed by atoms with Crippen molar-refractivity contribution in [2.75, 3.05) is 6.61 Å². The van der Waals surface area contributed by atoms with Crippen molar-refractivity contribution in [2.45, 2.75) is 65.0 Å². The zero-order valence-corrected chi connectivity index (χ0v) is 16.8. The van der Waals surface area contributed by atoms with Crippen LogP contribution in [0.4, 0.5) is 4.79 Å². The van der Waals surface area contributed by atoms with E-state index in [9.17, 15) is 13.6 Å². The van der Waals surface area contributed by atoms with Gasteiger partial charge in [0.25, 0.3) is 0 Å². The molecule has 8 heteroatoms. The van der Waals surface area contributed by atoms with Gasteiger partial charge in [-0.15, -0.1) is 0 Å². The van der Waals surface area contributed by atoms with Crippen LogP contribution in [0, 0.1) is 6.92 Å². The molecule has 2 rings (SSSR count). The summed E-state index contributed by atoms with van der Waals surface area (Å²) in [6, 6.07) is 6.77. The largest absolute Gasteiger partial charge is 0.444 e. The molecule has 1 aromatic carbocycles. The van der Waals surface area contributed by atoms with Crippen molar-refractivity contribution >= 4 is 17.5 Å². The van der Waals surface area contributed by atoms with Crippen LogP contribution in [0.15, 0.2) is 24.3 Å². The minimum atomic E-state index is -2.50. The molecule has 7 nitrogen and oxygen atoms in total. The molecule has 0 aliphatic carbocycles. The molecule has 146 valence electrons. The van der Waals surface area contributed by atoms with Gasteiger partial charge in [0, 0.05) is 0 Å². The standard InChI is InChI=1S/C18H27NO6S/c1-12-7-9-13(10-8-12)15(25-26(21)22)14-11-23-18(5,6)19(14)16(20)24-17(2,3)4/h7-10,14-15H,11H2,1-6H3,(H,21,22). The number of amides is 1. The number of carbonyl (C=O) groups excluding carboxylic acids is 1. The third-order valence-electron chi connectivity index (χ3n) is 4.05. The SMILES string of the molecule is Cc1ccc(C(OS(=O)O)C2COC(C)(C)N2C(=O)OC(C)(C)C)cc1. The van der Waals surface area contributed by atoms with Crippen LogP contribution in [0.2, 0.25) is 0 Å². The van der Waals surface area contributed by atoms with E-state index in [1.54, 1.807) is 34.6 Å². The van der Waals surface area contributed by atoms with Gasteiger partial charge < -0.3 is 9.47 Å². The number of hydrogen-bond acceptors (Lipinski definition) is 5. The maximum Gasteiger partial charge on any atom is 0.413 e. The molecule has 1 saturated heterocycles. The van der Waals surface area contributed by atoms with Crippen molar-refractivity contribution in [3.05, 3.63) is 35.4 Å². The third-order valence-corrected chi connectivity index (χ3v) is 4.42. The molecule has 0 radical (unpaired) electrons. The molecule has 1 aliphatic heterocycles. The average Bonchev–Trinajstić information content (AvgIpc) is 2.79. The lowest BCUT2D eigenvalue weighted by Gasteiger charge is -2.37. The van der Waals surface area contributed by atoms with E-state index >= 15 is 0 Å². The van der Waals surface area contributed by atoms with E-state index in [0.717, 1.165) is 5.56 Å². The van der Waals surface area contributed by atoms with Crippen molar-refractivity contribution in [3.63, 3.8) is 0 Å². The summed E-state index contributed by atoms with van der Waals surface area (Å²) in [5, 5.41) is 0. The summed E-state index contributed by atoms with van der Waals surface area (Å²) in [6.45, 7) is 10.9. The Bertz CT molecular complexity index is 667. The Hall–Kier alpha value is -1.48.